The quantitative estimate of drug-likeness (QED) is 0.127. The zero-order chi connectivity index (χ0) is 45.8. The number of nitrogens with zero attached hydrogens (tertiary/aromatic N) is 13. The highest BCUT2D eigenvalue weighted by atomic mass is 35.5. The number of carbonyl (C=O) groups is 2. The van der Waals surface area contributed by atoms with Gasteiger partial charge in [-0.05, 0) is 81.7 Å². The molecule has 20 heteroatoms. The first kappa shape index (κ1) is 42.8. The zero-order valence-corrected chi connectivity index (χ0v) is 37.4. The van der Waals surface area contributed by atoms with Crippen LogP contribution in [0.3, 0.4) is 0 Å². The van der Waals surface area contributed by atoms with E-state index in [0.717, 1.165) is 81.5 Å². The van der Waals surface area contributed by atoms with Gasteiger partial charge < -0.3 is 20.0 Å². The summed E-state index contributed by atoms with van der Waals surface area (Å²) in [5, 5.41) is 24.9. The van der Waals surface area contributed by atoms with Crippen molar-refractivity contribution in [3.8, 4) is 28.6 Å². The Hall–Kier alpha value is -6.78. The number of aromatic nitrogens is 8. The molecule has 0 bridgehead atoms. The molecule has 11 rings (SSSR count). The van der Waals surface area contributed by atoms with E-state index in [-0.39, 0.29) is 41.7 Å². The molecule has 5 aromatic heterocycles. The van der Waals surface area contributed by atoms with Crippen molar-refractivity contribution in [2.45, 2.75) is 81.5 Å². The molecule has 4 saturated heterocycles. The van der Waals surface area contributed by atoms with Gasteiger partial charge in [0.15, 0.2) is 11.6 Å². The third-order valence-electron chi connectivity index (χ3n) is 14.6. The van der Waals surface area contributed by atoms with Crippen molar-refractivity contribution in [1.29, 1.82) is 5.26 Å². The fraction of sp³-hybridized carbons (Fsp3) is 0.426. The average Bonchev–Trinajstić information content (AvgIpc) is 4.01. The van der Waals surface area contributed by atoms with Crippen molar-refractivity contribution in [2.24, 2.45) is 0 Å². The van der Waals surface area contributed by atoms with Crippen LogP contribution in [0.5, 0.6) is 0 Å². The van der Waals surface area contributed by atoms with Gasteiger partial charge in [0.2, 0.25) is 17.8 Å². The van der Waals surface area contributed by atoms with Gasteiger partial charge in [0.25, 0.3) is 0 Å². The number of pyridine rings is 1. The van der Waals surface area contributed by atoms with Gasteiger partial charge in [0.1, 0.15) is 39.8 Å². The molecule has 5 fully saturated rings. The van der Waals surface area contributed by atoms with E-state index in [4.69, 9.17) is 26.7 Å². The van der Waals surface area contributed by atoms with Crippen molar-refractivity contribution in [2.75, 3.05) is 65.8 Å². The molecule has 67 heavy (non-hydrogen) atoms. The lowest BCUT2D eigenvalue weighted by molar-refractivity contribution is -0.133. The van der Waals surface area contributed by atoms with Gasteiger partial charge >= 0.3 is 0 Å². The first-order valence-corrected chi connectivity index (χ1v) is 23.4. The molecule has 5 aliphatic rings. The van der Waals surface area contributed by atoms with Crippen molar-refractivity contribution in [3.05, 3.63) is 89.9 Å². The molecule has 2 N–H and O–H groups in total. The van der Waals surface area contributed by atoms with Crippen LogP contribution in [0.15, 0.2) is 67.5 Å². The standard InChI is InChI=1S/C47H48ClF2N15O2/c48-39-9-13-52-46(58-39)63-16-12-47(63)10-14-61(15-11-47)40-7-1-29(24-53-40)42-43-30(23-51)25-55-65(43)28-38(57-42)31-26-54-64(27-31)34-4-2-33(3-5-34)60-17-19-62(20-18-60)44-35(49)21-32(22-36(44)50)56-37-6-8-41(66)59-45(37)67/h1,7,9,13,21-22,24-28,33-34,37,56H,2-6,8,10-12,14-20H2,(H,59,66,67). The smallest absolute Gasteiger partial charge is 0.249 e. The van der Waals surface area contributed by atoms with Crippen molar-refractivity contribution >= 4 is 52.1 Å². The predicted octanol–water partition coefficient (Wildman–Crippen LogP) is 6.02. The fourth-order valence-electron chi connectivity index (χ4n) is 10.8. The molecule has 1 atom stereocenters. The van der Waals surface area contributed by atoms with E-state index in [0.29, 0.717) is 65.8 Å². The second kappa shape index (κ2) is 17.5. The summed E-state index contributed by atoms with van der Waals surface area (Å²) in [5.41, 5.74) is 4.10. The monoisotopic (exact) mass is 927 g/mol. The van der Waals surface area contributed by atoms with Gasteiger partial charge in [-0.15, -0.1) is 0 Å². The Bertz CT molecular complexity index is 2870. The Morgan fingerprint density at radius 3 is 2.25 bits per heavy atom. The normalized spacial score (nSPS) is 22.2. The number of piperidine rings is 2. The average molecular weight is 928 g/mol. The number of carbonyl (C=O) groups excluding carboxylic acids is 2. The van der Waals surface area contributed by atoms with Crippen molar-refractivity contribution in [1.82, 2.24) is 49.5 Å². The van der Waals surface area contributed by atoms with E-state index in [1.165, 1.54) is 12.1 Å². The van der Waals surface area contributed by atoms with Crippen LogP contribution < -0.4 is 25.3 Å². The van der Waals surface area contributed by atoms with Gasteiger partial charge in [-0.25, -0.2) is 33.2 Å². The molecule has 1 spiro atoms. The van der Waals surface area contributed by atoms with Crippen LogP contribution in [0, 0.1) is 23.0 Å². The SMILES string of the molecule is N#Cc1cnn2cc(-c3cnn(C4CCC(N5CCN(c6c(F)cc(NC7CCC(=O)NC7=O)cc6F)CC5)CC4)c3)nc(-c3ccc(N4CCC5(CC4)CCN5c4nccc(Cl)n4)nc3)c12. The molecule has 4 aliphatic heterocycles. The topological polar surface area (TPSA) is 182 Å². The van der Waals surface area contributed by atoms with Gasteiger partial charge in [-0.2, -0.15) is 15.5 Å². The summed E-state index contributed by atoms with van der Waals surface area (Å²) < 4.78 is 34.5. The number of anilines is 4. The van der Waals surface area contributed by atoms with E-state index in [1.54, 1.807) is 27.9 Å². The number of imide groups is 1. The minimum absolute atomic E-state index is 0.0319. The van der Waals surface area contributed by atoms with Crippen molar-refractivity contribution < 1.29 is 18.4 Å². The first-order valence-electron chi connectivity index (χ1n) is 23.0. The number of nitriles is 1. The maximum absolute atomic E-state index is 15.4. The lowest BCUT2D eigenvalue weighted by Crippen LogP contribution is -2.65. The van der Waals surface area contributed by atoms with Crippen LogP contribution >= 0.6 is 11.6 Å². The molecular weight excluding hydrogens is 880 g/mol. The van der Waals surface area contributed by atoms with E-state index in [9.17, 15) is 14.9 Å². The molecule has 1 unspecified atom stereocenters. The number of piperazine rings is 1. The predicted molar refractivity (Wildman–Crippen MR) is 247 cm³/mol. The first-order chi connectivity index (χ1) is 32.6. The van der Waals surface area contributed by atoms with Crippen LogP contribution in [0.2, 0.25) is 5.15 Å². The van der Waals surface area contributed by atoms with Crippen LogP contribution in [-0.4, -0.2) is 119 Å². The maximum atomic E-state index is 15.4. The summed E-state index contributed by atoms with van der Waals surface area (Å²) in [4.78, 5) is 51.4. The number of fused-ring (bicyclic) bond motifs is 1. The minimum Gasteiger partial charge on any atom is -0.373 e. The van der Waals surface area contributed by atoms with Crippen LogP contribution in [0.1, 0.15) is 69.4 Å². The Labute approximate surface area is 389 Å². The number of hydrogen-bond donors (Lipinski definition) is 2. The highest BCUT2D eigenvalue weighted by Crippen LogP contribution is 2.43. The summed E-state index contributed by atoms with van der Waals surface area (Å²) in [6.45, 7) is 4.97. The van der Waals surface area contributed by atoms with Crippen LogP contribution in [-0.2, 0) is 9.59 Å². The highest BCUT2D eigenvalue weighted by molar-refractivity contribution is 6.29. The summed E-state index contributed by atoms with van der Waals surface area (Å²) in [7, 11) is 0. The minimum atomic E-state index is -0.731. The molecule has 0 radical (unpaired) electrons. The Kier molecular flexibility index (Phi) is 11.2. The van der Waals surface area contributed by atoms with Gasteiger partial charge in [0.05, 0.1) is 36.0 Å². The number of nitrogens with one attached hydrogen (secondary N) is 2. The van der Waals surface area contributed by atoms with E-state index in [2.05, 4.69) is 46.5 Å². The molecule has 344 valence electrons. The lowest BCUT2D eigenvalue weighted by atomic mass is 9.76. The number of halogens is 3. The fourth-order valence-corrected chi connectivity index (χ4v) is 10.9. The second-order valence-electron chi connectivity index (χ2n) is 18.3. The van der Waals surface area contributed by atoms with E-state index in [1.807, 2.05) is 41.6 Å². The molecule has 2 amide bonds. The number of rotatable bonds is 9. The second-order valence-corrected chi connectivity index (χ2v) is 18.7. The third kappa shape index (κ3) is 8.15. The van der Waals surface area contributed by atoms with Gasteiger partial charge in [-0.3, -0.25) is 24.5 Å². The highest BCUT2D eigenvalue weighted by Gasteiger charge is 2.48. The lowest BCUT2D eigenvalue weighted by Gasteiger charge is -2.56. The molecular formula is C47H48ClF2N15O2. The summed E-state index contributed by atoms with van der Waals surface area (Å²) in [6, 6.07) is 10.3. The molecule has 17 nitrogen and oxygen atoms in total. The maximum Gasteiger partial charge on any atom is 0.249 e. The van der Waals surface area contributed by atoms with Gasteiger partial charge in [0, 0.05) is 99.2 Å². The summed E-state index contributed by atoms with van der Waals surface area (Å²) >= 11 is 6.19. The molecule has 6 aromatic rings. The Morgan fingerprint density at radius 1 is 0.806 bits per heavy atom. The Morgan fingerprint density at radius 2 is 1.57 bits per heavy atom. The number of benzene rings is 1. The molecule has 1 aliphatic carbocycles. The Balaban J connectivity index is 0.717. The third-order valence-corrected chi connectivity index (χ3v) is 14.8. The summed E-state index contributed by atoms with van der Waals surface area (Å²) in [6.07, 6.45) is 18.1. The van der Waals surface area contributed by atoms with Gasteiger partial charge in [-0.1, -0.05) is 11.6 Å². The van der Waals surface area contributed by atoms with E-state index < -0.39 is 23.6 Å². The van der Waals surface area contributed by atoms with Crippen molar-refractivity contribution in [3.63, 3.8) is 0 Å². The molecule has 1 aromatic carbocycles. The summed E-state index contributed by atoms with van der Waals surface area (Å²) in [5.74, 6) is -0.650. The van der Waals surface area contributed by atoms with Crippen LogP contribution in [0.4, 0.5) is 31.9 Å². The van der Waals surface area contributed by atoms with E-state index >= 15 is 8.78 Å². The molecule has 9 heterocycles. The number of hydrogen-bond acceptors (Lipinski definition) is 14. The van der Waals surface area contributed by atoms with Crippen LogP contribution in [0.25, 0.3) is 28.0 Å². The molecule has 1 saturated carbocycles. The number of amides is 2. The zero-order valence-electron chi connectivity index (χ0n) is 36.7. The largest absolute Gasteiger partial charge is 0.373 e.